The van der Waals surface area contributed by atoms with Crippen LogP contribution < -0.4 is 0 Å². The van der Waals surface area contributed by atoms with Crippen LogP contribution in [0.25, 0.3) is 0 Å². The second-order valence-electron chi connectivity index (χ2n) is 6.09. The summed E-state index contributed by atoms with van der Waals surface area (Å²) >= 11 is 0. The molecule has 1 amide bonds. The smallest absolute Gasteiger partial charge is 0.309 e. The summed E-state index contributed by atoms with van der Waals surface area (Å²) in [5.41, 5.74) is -0.599. The highest BCUT2D eigenvalue weighted by Crippen LogP contribution is 2.35. The number of ether oxygens (including phenoxy) is 1. The van der Waals surface area contributed by atoms with Crippen molar-refractivity contribution in [3.63, 3.8) is 0 Å². The second kappa shape index (κ2) is 6.75. The lowest BCUT2D eigenvalue weighted by atomic mass is 9.76. The number of rotatable bonds is 4. The Balaban J connectivity index is 1.91. The monoisotopic (exact) mass is 298 g/mol. The Morgan fingerprint density at radius 3 is 2.24 bits per heavy atom. The van der Waals surface area contributed by atoms with Crippen molar-refractivity contribution >= 4 is 11.9 Å². The SMILES string of the molecule is CCC1(C(=O)O)CCN(C(C)C(=O)N2CCOCC2)CC1. The molecule has 2 saturated heterocycles. The second-order valence-corrected chi connectivity index (χ2v) is 6.09. The van der Waals surface area contributed by atoms with Crippen LogP contribution in [-0.4, -0.2) is 72.2 Å². The van der Waals surface area contributed by atoms with Gasteiger partial charge >= 0.3 is 5.97 Å². The minimum absolute atomic E-state index is 0.137. The first kappa shape index (κ1) is 16.2. The van der Waals surface area contributed by atoms with Crippen LogP contribution in [-0.2, 0) is 14.3 Å². The van der Waals surface area contributed by atoms with Gasteiger partial charge in [0.1, 0.15) is 0 Å². The Kier molecular flexibility index (Phi) is 5.22. The number of aliphatic carboxylic acids is 1. The van der Waals surface area contributed by atoms with Gasteiger partial charge in [-0.3, -0.25) is 14.5 Å². The number of carboxylic acids is 1. The van der Waals surface area contributed by atoms with Gasteiger partial charge in [0, 0.05) is 26.2 Å². The van der Waals surface area contributed by atoms with E-state index in [1.54, 1.807) is 0 Å². The number of carbonyl (C=O) groups is 2. The van der Waals surface area contributed by atoms with Gasteiger partial charge in [-0.15, -0.1) is 0 Å². The third-order valence-electron chi connectivity index (χ3n) is 5.11. The van der Waals surface area contributed by atoms with E-state index in [0.717, 1.165) is 0 Å². The van der Waals surface area contributed by atoms with E-state index in [1.807, 2.05) is 18.7 Å². The van der Waals surface area contributed by atoms with Crippen LogP contribution in [0.15, 0.2) is 0 Å². The molecule has 0 aromatic heterocycles. The van der Waals surface area contributed by atoms with E-state index in [9.17, 15) is 14.7 Å². The van der Waals surface area contributed by atoms with E-state index in [2.05, 4.69) is 4.90 Å². The lowest BCUT2D eigenvalue weighted by Gasteiger charge is -2.41. The van der Waals surface area contributed by atoms with Gasteiger partial charge in [0.2, 0.25) is 5.91 Å². The number of hydrogen-bond donors (Lipinski definition) is 1. The average molecular weight is 298 g/mol. The Morgan fingerprint density at radius 1 is 1.19 bits per heavy atom. The molecule has 0 radical (unpaired) electrons. The fraction of sp³-hybridized carbons (Fsp3) is 0.867. The molecule has 0 bridgehead atoms. The molecule has 0 aromatic rings. The Labute approximate surface area is 126 Å². The minimum atomic E-state index is -0.697. The van der Waals surface area contributed by atoms with Crippen molar-refractivity contribution in [1.82, 2.24) is 9.80 Å². The molecule has 0 aromatic carbocycles. The Hall–Kier alpha value is -1.14. The van der Waals surface area contributed by atoms with E-state index < -0.39 is 11.4 Å². The van der Waals surface area contributed by atoms with Crippen molar-refractivity contribution in [2.24, 2.45) is 5.41 Å². The Morgan fingerprint density at radius 2 is 1.76 bits per heavy atom. The van der Waals surface area contributed by atoms with Crippen LogP contribution in [0.4, 0.5) is 0 Å². The van der Waals surface area contributed by atoms with Crippen LogP contribution >= 0.6 is 0 Å². The number of nitrogens with zero attached hydrogens (tertiary/aromatic N) is 2. The number of piperidine rings is 1. The van der Waals surface area contributed by atoms with Crippen LogP contribution in [0.5, 0.6) is 0 Å². The molecule has 21 heavy (non-hydrogen) atoms. The summed E-state index contributed by atoms with van der Waals surface area (Å²) in [6.45, 7) is 7.75. The fourth-order valence-electron chi connectivity index (χ4n) is 3.26. The van der Waals surface area contributed by atoms with Gasteiger partial charge in [0.15, 0.2) is 0 Å². The Bertz CT molecular complexity index is 385. The van der Waals surface area contributed by atoms with E-state index in [4.69, 9.17) is 4.74 Å². The first-order valence-electron chi connectivity index (χ1n) is 7.84. The van der Waals surface area contributed by atoms with E-state index in [1.165, 1.54) is 0 Å². The average Bonchev–Trinajstić information content (AvgIpc) is 2.54. The summed E-state index contributed by atoms with van der Waals surface area (Å²) in [6.07, 6.45) is 1.90. The number of amides is 1. The van der Waals surface area contributed by atoms with Gasteiger partial charge in [0.25, 0.3) is 0 Å². The summed E-state index contributed by atoms with van der Waals surface area (Å²) in [5.74, 6) is -0.561. The molecule has 120 valence electrons. The molecule has 2 aliphatic rings. The van der Waals surface area contributed by atoms with Crippen LogP contribution in [0.2, 0.25) is 0 Å². The molecule has 0 saturated carbocycles. The summed E-state index contributed by atoms with van der Waals surface area (Å²) in [5, 5.41) is 9.42. The van der Waals surface area contributed by atoms with Crippen LogP contribution in [0.3, 0.4) is 0 Å². The number of morpholine rings is 1. The third-order valence-corrected chi connectivity index (χ3v) is 5.11. The van der Waals surface area contributed by atoms with Gasteiger partial charge in [-0.2, -0.15) is 0 Å². The summed E-state index contributed by atoms with van der Waals surface area (Å²) in [7, 11) is 0. The number of carboxylic acid groups (broad SMARTS) is 1. The molecule has 6 heteroatoms. The predicted molar refractivity (Wildman–Crippen MR) is 78.0 cm³/mol. The van der Waals surface area contributed by atoms with Gasteiger partial charge < -0.3 is 14.7 Å². The maximum Gasteiger partial charge on any atom is 0.309 e. The highest BCUT2D eigenvalue weighted by molar-refractivity contribution is 5.81. The van der Waals surface area contributed by atoms with E-state index >= 15 is 0 Å². The normalized spacial score (nSPS) is 24.6. The molecular weight excluding hydrogens is 272 g/mol. The topological polar surface area (TPSA) is 70.1 Å². The third kappa shape index (κ3) is 3.37. The molecule has 2 fully saturated rings. The number of hydrogen-bond acceptors (Lipinski definition) is 4. The molecule has 1 unspecified atom stereocenters. The maximum atomic E-state index is 12.5. The van der Waals surface area contributed by atoms with E-state index in [-0.39, 0.29) is 11.9 Å². The van der Waals surface area contributed by atoms with Gasteiger partial charge in [-0.05, 0) is 26.2 Å². The van der Waals surface area contributed by atoms with Crippen molar-refractivity contribution < 1.29 is 19.4 Å². The van der Waals surface area contributed by atoms with Gasteiger partial charge in [-0.25, -0.2) is 0 Å². The first-order valence-corrected chi connectivity index (χ1v) is 7.84. The zero-order valence-corrected chi connectivity index (χ0v) is 13.0. The molecule has 1 atom stereocenters. The van der Waals surface area contributed by atoms with Crippen molar-refractivity contribution in [2.75, 3.05) is 39.4 Å². The highest BCUT2D eigenvalue weighted by atomic mass is 16.5. The number of likely N-dealkylation sites (tertiary alicyclic amines) is 1. The summed E-state index contributed by atoms with van der Waals surface area (Å²) < 4.78 is 5.27. The summed E-state index contributed by atoms with van der Waals surface area (Å²) in [6, 6.07) is -0.174. The fourth-order valence-corrected chi connectivity index (χ4v) is 3.26. The summed E-state index contributed by atoms with van der Waals surface area (Å²) in [4.78, 5) is 27.9. The van der Waals surface area contributed by atoms with Crippen molar-refractivity contribution in [1.29, 1.82) is 0 Å². The van der Waals surface area contributed by atoms with Gasteiger partial charge in [0.05, 0.1) is 24.7 Å². The molecule has 0 spiro atoms. The molecular formula is C15H26N2O4. The maximum absolute atomic E-state index is 12.5. The lowest BCUT2D eigenvalue weighted by molar-refractivity contribution is -0.153. The lowest BCUT2D eigenvalue weighted by Crippen LogP contribution is -2.54. The predicted octanol–water partition coefficient (Wildman–Crippen LogP) is 0.811. The zero-order chi connectivity index (χ0) is 15.5. The van der Waals surface area contributed by atoms with Crippen LogP contribution in [0, 0.1) is 5.41 Å². The molecule has 1 N–H and O–H groups in total. The van der Waals surface area contributed by atoms with Crippen molar-refractivity contribution in [3.05, 3.63) is 0 Å². The molecule has 2 heterocycles. The van der Waals surface area contributed by atoms with Crippen molar-refractivity contribution in [2.45, 2.75) is 39.2 Å². The van der Waals surface area contributed by atoms with Crippen LogP contribution in [0.1, 0.15) is 33.1 Å². The van der Waals surface area contributed by atoms with Gasteiger partial charge in [-0.1, -0.05) is 6.92 Å². The molecule has 6 nitrogen and oxygen atoms in total. The molecule has 0 aliphatic carbocycles. The standard InChI is InChI=1S/C15H26N2O4/c1-3-15(14(19)20)4-6-16(7-5-15)12(2)13(18)17-8-10-21-11-9-17/h12H,3-11H2,1-2H3,(H,19,20). The largest absolute Gasteiger partial charge is 0.481 e. The minimum Gasteiger partial charge on any atom is -0.481 e. The molecule has 2 aliphatic heterocycles. The molecule has 2 rings (SSSR count). The van der Waals surface area contributed by atoms with Crippen molar-refractivity contribution in [3.8, 4) is 0 Å². The zero-order valence-electron chi connectivity index (χ0n) is 13.0. The highest BCUT2D eigenvalue weighted by Gasteiger charge is 2.41. The number of carbonyl (C=O) groups excluding carboxylic acids is 1. The van der Waals surface area contributed by atoms with E-state index in [0.29, 0.717) is 58.7 Å². The quantitative estimate of drug-likeness (QED) is 0.832. The first-order chi connectivity index (χ1) is 10.00.